The number of amides is 1. The minimum absolute atomic E-state index is 0.102. The molecule has 0 saturated heterocycles. The first-order valence-corrected chi connectivity index (χ1v) is 11.9. The van der Waals surface area contributed by atoms with Crippen molar-refractivity contribution in [2.75, 3.05) is 13.7 Å². The van der Waals surface area contributed by atoms with Crippen molar-refractivity contribution in [2.24, 2.45) is 5.14 Å². The molecule has 33 heavy (non-hydrogen) atoms. The maximum atomic E-state index is 12.8. The highest BCUT2D eigenvalue weighted by Crippen LogP contribution is 2.34. The smallest absolute Gasteiger partial charge is 0.251 e. The van der Waals surface area contributed by atoms with E-state index in [4.69, 9.17) is 19.3 Å². The average molecular weight is 469 g/mol. The van der Waals surface area contributed by atoms with E-state index in [1.54, 1.807) is 42.5 Å². The van der Waals surface area contributed by atoms with Gasteiger partial charge in [0.2, 0.25) is 10.0 Å². The van der Waals surface area contributed by atoms with Crippen LogP contribution in [0.1, 0.15) is 27.9 Å². The van der Waals surface area contributed by atoms with Gasteiger partial charge < -0.3 is 19.5 Å². The molecule has 1 aliphatic rings. The second kappa shape index (κ2) is 9.51. The van der Waals surface area contributed by atoms with E-state index in [0.29, 0.717) is 29.2 Å². The number of ether oxygens (including phenoxy) is 3. The van der Waals surface area contributed by atoms with Crippen LogP contribution in [0.15, 0.2) is 65.6 Å². The molecule has 0 radical (unpaired) electrons. The lowest BCUT2D eigenvalue weighted by Gasteiger charge is -2.18. The maximum Gasteiger partial charge on any atom is 0.251 e. The van der Waals surface area contributed by atoms with Crippen LogP contribution in [0.5, 0.6) is 23.0 Å². The number of benzene rings is 3. The van der Waals surface area contributed by atoms with Crippen molar-refractivity contribution in [2.45, 2.75) is 24.3 Å². The summed E-state index contributed by atoms with van der Waals surface area (Å²) in [7, 11) is -2.44. The van der Waals surface area contributed by atoms with Crippen LogP contribution >= 0.6 is 0 Å². The van der Waals surface area contributed by atoms with Crippen molar-refractivity contribution < 1.29 is 27.4 Å². The highest BCUT2D eigenvalue weighted by molar-refractivity contribution is 7.89. The van der Waals surface area contributed by atoms with Crippen molar-refractivity contribution >= 4 is 15.9 Å². The van der Waals surface area contributed by atoms with Crippen LogP contribution < -0.4 is 24.7 Å². The Morgan fingerprint density at radius 3 is 2.61 bits per heavy atom. The molecule has 9 heteroatoms. The predicted molar refractivity (Wildman–Crippen MR) is 122 cm³/mol. The maximum absolute atomic E-state index is 12.8. The molecule has 0 atom stereocenters. The van der Waals surface area contributed by atoms with Gasteiger partial charge in [-0.3, -0.25) is 4.79 Å². The molecular weight excluding hydrogens is 444 g/mol. The number of nitrogens with one attached hydrogen (secondary N) is 1. The van der Waals surface area contributed by atoms with Crippen molar-refractivity contribution in [1.29, 1.82) is 0 Å². The summed E-state index contributed by atoms with van der Waals surface area (Å²) in [4.78, 5) is 12.7. The van der Waals surface area contributed by atoms with Gasteiger partial charge in [-0.05, 0) is 48.7 Å². The van der Waals surface area contributed by atoms with Crippen molar-refractivity contribution in [3.63, 3.8) is 0 Å². The molecule has 3 aromatic rings. The molecule has 8 nitrogen and oxygen atoms in total. The lowest BCUT2D eigenvalue weighted by atomic mass is 10.0. The second-order valence-electron chi connectivity index (χ2n) is 7.52. The molecule has 0 aliphatic carbocycles. The number of fused-ring (bicyclic) bond motifs is 1. The Kier molecular flexibility index (Phi) is 6.52. The lowest BCUT2D eigenvalue weighted by Crippen LogP contribution is -2.23. The molecule has 172 valence electrons. The minimum atomic E-state index is -3.95. The van der Waals surface area contributed by atoms with E-state index in [-0.39, 0.29) is 23.1 Å². The Morgan fingerprint density at radius 1 is 1.06 bits per heavy atom. The zero-order chi connectivity index (χ0) is 23.4. The molecule has 0 fully saturated rings. The molecule has 1 aliphatic heterocycles. The Labute approximate surface area is 192 Å². The number of rotatable bonds is 7. The monoisotopic (exact) mass is 468 g/mol. The van der Waals surface area contributed by atoms with Gasteiger partial charge in [-0.2, -0.15) is 0 Å². The van der Waals surface area contributed by atoms with Crippen LogP contribution in [0.2, 0.25) is 0 Å². The van der Waals surface area contributed by atoms with Gasteiger partial charge in [-0.25, -0.2) is 13.6 Å². The Hall–Kier alpha value is -3.56. The first kappa shape index (κ1) is 22.6. The normalized spacial score (nSPS) is 12.9. The van der Waals surface area contributed by atoms with Crippen LogP contribution in [-0.2, 0) is 23.0 Å². The van der Waals surface area contributed by atoms with Crippen LogP contribution in [-0.4, -0.2) is 28.0 Å². The summed E-state index contributed by atoms with van der Waals surface area (Å²) < 4.78 is 40.6. The number of primary sulfonamides is 1. The Bertz CT molecular complexity index is 1290. The number of nitrogens with two attached hydrogens (primary N) is 1. The summed E-state index contributed by atoms with van der Waals surface area (Å²) in [5.74, 6) is 1.55. The number of methoxy groups -OCH3 is 1. The number of aryl methyl sites for hydroxylation is 1. The van der Waals surface area contributed by atoms with Gasteiger partial charge in [0.1, 0.15) is 11.5 Å². The van der Waals surface area contributed by atoms with E-state index in [1.165, 1.54) is 19.2 Å². The van der Waals surface area contributed by atoms with E-state index in [0.717, 1.165) is 24.2 Å². The van der Waals surface area contributed by atoms with E-state index in [2.05, 4.69) is 5.32 Å². The molecule has 0 bridgehead atoms. The predicted octanol–water partition coefficient (Wildman–Crippen LogP) is 3.39. The van der Waals surface area contributed by atoms with Crippen molar-refractivity contribution in [3.05, 3.63) is 77.4 Å². The van der Waals surface area contributed by atoms with Gasteiger partial charge in [0, 0.05) is 23.7 Å². The molecular formula is C24H24N2O6S. The van der Waals surface area contributed by atoms with E-state index >= 15 is 0 Å². The SMILES string of the molecule is COc1ccccc1Oc1cc(S(N)(=O)=O)ccc1CNC(=O)c1ccc2c(c1)OCCC2. The third-order valence-corrected chi connectivity index (χ3v) is 6.18. The zero-order valence-corrected chi connectivity index (χ0v) is 18.9. The van der Waals surface area contributed by atoms with Crippen LogP contribution in [0.25, 0.3) is 0 Å². The molecule has 3 N–H and O–H groups in total. The standard InChI is InChI=1S/C24H24N2O6S/c1-30-20-6-2-3-7-21(20)32-23-14-19(33(25,28)29)11-10-18(23)15-26-24(27)17-9-8-16-5-4-12-31-22(16)13-17/h2-3,6-11,13-14H,4-5,12,15H2,1H3,(H,26,27)(H2,25,28,29). The van der Waals surface area contributed by atoms with Gasteiger partial charge in [-0.15, -0.1) is 0 Å². The number of para-hydroxylation sites is 2. The number of hydrogen-bond acceptors (Lipinski definition) is 6. The van der Waals surface area contributed by atoms with Gasteiger partial charge in [0.25, 0.3) is 5.91 Å². The summed E-state index contributed by atoms with van der Waals surface area (Å²) in [6.07, 6.45) is 1.89. The topological polar surface area (TPSA) is 117 Å². The number of carbonyl (C=O) groups is 1. The molecule has 1 heterocycles. The number of carbonyl (C=O) groups excluding carboxylic acids is 1. The fourth-order valence-electron chi connectivity index (χ4n) is 3.53. The Balaban J connectivity index is 1.58. The van der Waals surface area contributed by atoms with Crippen LogP contribution in [0.4, 0.5) is 0 Å². The summed E-state index contributed by atoms with van der Waals surface area (Å²) >= 11 is 0. The summed E-state index contributed by atoms with van der Waals surface area (Å²) in [6, 6.07) is 16.6. The van der Waals surface area contributed by atoms with Crippen molar-refractivity contribution in [3.8, 4) is 23.0 Å². The third kappa shape index (κ3) is 5.27. The fraction of sp³-hybridized carbons (Fsp3) is 0.208. The minimum Gasteiger partial charge on any atom is -0.493 e. The van der Waals surface area contributed by atoms with E-state index in [1.807, 2.05) is 6.07 Å². The zero-order valence-electron chi connectivity index (χ0n) is 18.0. The molecule has 0 saturated carbocycles. The first-order chi connectivity index (χ1) is 15.8. The van der Waals surface area contributed by atoms with Gasteiger partial charge in [0.15, 0.2) is 11.5 Å². The number of sulfonamides is 1. The quantitative estimate of drug-likeness (QED) is 0.549. The average Bonchev–Trinajstić information content (AvgIpc) is 2.82. The molecule has 3 aromatic carbocycles. The molecule has 0 spiro atoms. The van der Waals surface area contributed by atoms with Gasteiger partial charge in [0.05, 0.1) is 18.6 Å². The van der Waals surface area contributed by atoms with Crippen molar-refractivity contribution in [1.82, 2.24) is 5.32 Å². The third-order valence-electron chi connectivity index (χ3n) is 5.27. The summed E-state index contributed by atoms with van der Waals surface area (Å²) in [5.41, 5.74) is 2.13. The van der Waals surface area contributed by atoms with E-state index < -0.39 is 10.0 Å². The van der Waals surface area contributed by atoms with Gasteiger partial charge in [-0.1, -0.05) is 24.3 Å². The summed E-state index contributed by atoms with van der Waals surface area (Å²) in [6.45, 7) is 0.740. The van der Waals surface area contributed by atoms with Crippen LogP contribution in [0.3, 0.4) is 0 Å². The lowest BCUT2D eigenvalue weighted by molar-refractivity contribution is 0.0950. The van der Waals surface area contributed by atoms with E-state index in [9.17, 15) is 13.2 Å². The molecule has 1 amide bonds. The second-order valence-corrected chi connectivity index (χ2v) is 9.09. The highest BCUT2D eigenvalue weighted by Gasteiger charge is 2.17. The van der Waals surface area contributed by atoms with Gasteiger partial charge >= 0.3 is 0 Å². The molecule has 4 rings (SSSR count). The largest absolute Gasteiger partial charge is 0.493 e. The molecule has 0 unspecified atom stereocenters. The molecule has 0 aromatic heterocycles. The Morgan fingerprint density at radius 2 is 1.85 bits per heavy atom. The highest BCUT2D eigenvalue weighted by atomic mass is 32.2. The first-order valence-electron chi connectivity index (χ1n) is 10.4. The van der Waals surface area contributed by atoms with Crippen LogP contribution in [0, 0.1) is 0 Å². The summed E-state index contributed by atoms with van der Waals surface area (Å²) in [5, 5.41) is 8.14. The fourth-order valence-corrected chi connectivity index (χ4v) is 4.06. The number of hydrogen-bond donors (Lipinski definition) is 2.